The lowest BCUT2D eigenvalue weighted by Crippen LogP contribution is -2.08. The highest BCUT2D eigenvalue weighted by Crippen LogP contribution is 2.17. The Morgan fingerprint density at radius 3 is 2.27 bits per heavy atom. The van der Waals surface area contributed by atoms with Gasteiger partial charge in [-0.25, -0.2) is 4.79 Å². The lowest BCUT2D eigenvalue weighted by Gasteiger charge is -2.05. The summed E-state index contributed by atoms with van der Waals surface area (Å²) in [5.41, 5.74) is 1.79. The molecule has 0 unspecified atom stereocenters. The van der Waals surface area contributed by atoms with Crippen LogP contribution in [0.2, 0.25) is 5.02 Å². The minimum absolute atomic E-state index is 0.0887. The third-order valence-electron chi connectivity index (χ3n) is 3.63. The first-order valence-corrected chi connectivity index (χ1v) is 8.35. The summed E-state index contributed by atoms with van der Waals surface area (Å²) in [6.45, 7) is 0. The van der Waals surface area contributed by atoms with Gasteiger partial charge in [0.15, 0.2) is 5.78 Å². The number of ketones is 1. The summed E-state index contributed by atoms with van der Waals surface area (Å²) in [6, 6.07) is 22.5. The van der Waals surface area contributed by atoms with Gasteiger partial charge in [-0.1, -0.05) is 60.1 Å². The number of esters is 1. The summed E-state index contributed by atoms with van der Waals surface area (Å²) in [6.07, 6.45) is 3.18. The maximum absolute atomic E-state index is 12.2. The molecule has 0 heterocycles. The van der Waals surface area contributed by atoms with Gasteiger partial charge in [-0.3, -0.25) is 4.79 Å². The number of allylic oxidation sites excluding steroid dienone is 1. The number of hydrogen-bond donors (Lipinski definition) is 0. The number of ether oxygens (including phenoxy) is 1. The Morgan fingerprint density at radius 1 is 0.808 bits per heavy atom. The number of carbonyl (C=O) groups excluding carboxylic acids is 2. The molecule has 0 aliphatic heterocycles. The summed E-state index contributed by atoms with van der Waals surface area (Å²) in [7, 11) is 0. The Hall–Kier alpha value is -3.17. The van der Waals surface area contributed by atoms with Crippen molar-refractivity contribution in [1.29, 1.82) is 0 Å². The number of halogens is 1. The normalized spacial score (nSPS) is 10.7. The van der Waals surface area contributed by atoms with Gasteiger partial charge in [-0.05, 0) is 48.0 Å². The molecule has 26 heavy (non-hydrogen) atoms. The van der Waals surface area contributed by atoms with Crippen LogP contribution in [0.15, 0.2) is 84.9 Å². The Bertz CT molecular complexity index is 945. The Labute approximate surface area is 156 Å². The van der Waals surface area contributed by atoms with Crippen LogP contribution in [0.25, 0.3) is 6.08 Å². The maximum atomic E-state index is 12.2. The van der Waals surface area contributed by atoms with Crippen LogP contribution in [0.5, 0.6) is 5.75 Å². The zero-order valence-electron chi connectivity index (χ0n) is 13.8. The van der Waals surface area contributed by atoms with Gasteiger partial charge >= 0.3 is 5.97 Å². The summed E-state index contributed by atoms with van der Waals surface area (Å²) < 4.78 is 5.37. The monoisotopic (exact) mass is 362 g/mol. The molecular formula is C22H15ClO3. The molecule has 0 saturated carbocycles. The van der Waals surface area contributed by atoms with Gasteiger partial charge in [0.2, 0.25) is 0 Å². The van der Waals surface area contributed by atoms with E-state index in [1.54, 1.807) is 60.7 Å². The molecule has 3 rings (SSSR count). The second-order valence-corrected chi connectivity index (χ2v) is 5.97. The molecule has 0 bridgehead atoms. The standard InChI is InChI=1S/C22H15ClO3/c23-19-12-10-18(11-13-19)22(25)26-20-8-4-5-16(15-20)9-14-21(24)17-6-2-1-3-7-17/h1-15H/b14-9+. The van der Waals surface area contributed by atoms with E-state index in [9.17, 15) is 9.59 Å². The second-order valence-electron chi connectivity index (χ2n) is 5.53. The average molecular weight is 363 g/mol. The lowest BCUT2D eigenvalue weighted by molar-refractivity contribution is 0.0734. The zero-order chi connectivity index (χ0) is 18.4. The van der Waals surface area contributed by atoms with Crippen LogP contribution < -0.4 is 4.74 Å². The van der Waals surface area contributed by atoms with Crippen molar-refractivity contribution in [2.75, 3.05) is 0 Å². The molecule has 3 nitrogen and oxygen atoms in total. The molecule has 3 aromatic rings. The van der Waals surface area contributed by atoms with Crippen molar-refractivity contribution >= 4 is 29.4 Å². The molecule has 0 N–H and O–H groups in total. The van der Waals surface area contributed by atoms with Gasteiger partial charge in [-0.2, -0.15) is 0 Å². The van der Waals surface area contributed by atoms with Crippen molar-refractivity contribution in [3.63, 3.8) is 0 Å². The van der Waals surface area contributed by atoms with Crippen molar-refractivity contribution in [2.45, 2.75) is 0 Å². The van der Waals surface area contributed by atoms with Crippen molar-refractivity contribution in [2.24, 2.45) is 0 Å². The summed E-state index contributed by atoms with van der Waals surface area (Å²) in [5, 5.41) is 0.553. The topological polar surface area (TPSA) is 43.4 Å². The molecule has 0 saturated heterocycles. The van der Waals surface area contributed by atoms with Crippen molar-refractivity contribution in [1.82, 2.24) is 0 Å². The lowest BCUT2D eigenvalue weighted by atomic mass is 10.1. The fraction of sp³-hybridized carbons (Fsp3) is 0. The van der Waals surface area contributed by atoms with Gasteiger partial charge in [0.25, 0.3) is 0 Å². The van der Waals surface area contributed by atoms with Gasteiger partial charge in [0.05, 0.1) is 5.56 Å². The molecule has 0 atom stereocenters. The summed E-state index contributed by atoms with van der Waals surface area (Å²) in [4.78, 5) is 24.3. The first kappa shape index (κ1) is 17.6. The largest absolute Gasteiger partial charge is 0.423 e. The average Bonchev–Trinajstić information content (AvgIpc) is 2.67. The highest BCUT2D eigenvalue weighted by Gasteiger charge is 2.08. The predicted molar refractivity (Wildman–Crippen MR) is 103 cm³/mol. The van der Waals surface area contributed by atoms with Crippen LogP contribution in [0.3, 0.4) is 0 Å². The molecule has 4 heteroatoms. The Balaban J connectivity index is 1.70. The number of carbonyl (C=O) groups is 2. The highest BCUT2D eigenvalue weighted by atomic mass is 35.5. The van der Waals surface area contributed by atoms with Crippen LogP contribution in [0.1, 0.15) is 26.3 Å². The van der Waals surface area contributed by atoms with E-state index in [-0.39, 0.29) is 5.78 Å². The smallest absolute Gasteiger partial charge is 0.343 e. The molecule has 0 aliphatic rings. The van der Waals surface area contributed by atoms with Crippen molar-refractivity contribution in [3.05, 3.63) is 107 Å². The fourth-order valence-electron chi connectivity index (χ4n) is 2.30. The molecule has 128 valence electrons. The predicted octanol–water partition coefficient (Wildman–Crippen LogP) is 5.46. The van der Waals surface area contributed by atoms with Gasteiger partial charge in [0, 0.05) is 10.6 Å². The van der Waals surface area contributed by atoms with Crippen molar-refractivity contribution in [3.8, 4) is 5.75 Å². The number of hydrogen-bond acceptors (Lipinski definition) is 3. The third-order valence-corrected chi connectivity index (χ3v) is 3.89. The van der Waals surface area contributed by atoms with E-state index in [1.165, 1.54) is 6.08 Å². The molecule has 0 aliphatic carbocycles. The molecule has 0 aromatic heterocycles. The van der Waals surface area contributed by atoms with Gasteiger partial charge in [0.1, 0.15) is 5.75 Å². The molecule has 0 amide bonds. The van der Waals surface area contributed by atoms with Crippen LogP contribution in [0.4, 0.5) is 0 Å². The second kappa shape index (κ2) is 8.28. The molecule has 0 spiro atoms. The number of rotatable bonds is 5. The van der Waals surface area contributed by atoms with E-state index in [4.69, 9.17) is 16.3 Å². The minimum Gasteiger partial charge on any atom is -0.423 e. The van der Waals surface area contributed by atoms with E-state index >= 15 is 0 Å². The SMILES string of the molecule is O=C(/C=C/c1cccc(OC(=O)c2ccc(Cl)cc2)c1)c1ccccc1. The zero-order valence-corrected chi connectivity index (χ0v) is 14.5. The van der Waals surface area contributed by atoms with E-state index in [0.717, 1.165) is 5.56 Å². The van der Waals surface area contributed by atoms with Gasteiger partial charge in [-0.15, -0.1) is 0 Å². The van der Waals surface area contributed by atoms with Crippen LogP contribution in [-0.4, -0.2) is 11.8 Å². The fourth-order valence-corrected chi connectivity index (χ4v) is 2.43. The highest BCUT2D eigenvalue weighted by molar-refractivity contribution is 6.30. The van der Waals surface area contributed by atoms with Crippen molar-refractivity contribution < 1.29 is 14.3 Å². The summed E-state index contributed by atoms with van der Waals surface area (Å²) >= 11 is 5.81. The maximum Gasteiger partial charge on any atom is 0.343 e. The van der Waals surface area contributed by atoms with Crippen LogP contribution in [0, 0.1) is 0 Å². The van der Waals surface area contributed by atoms with E-state index in [0.29, 0.717) is 21.9 Å². The first-order chi connectivity index (χ1) is 12.6. The molecular weight excluding hydrogens is 348 g/mol. The van der Waals surface area contributed by atoms with Crippen LogP contribution in [-0.2, 0) is 0 Å². The van der Waals surface area contributed by atoms with E-state index < -0.39 is 5.97 Å². The van der Waals surface area contributed by atoms with Gasteiger partial charge < -0.3 is 4.74 Å². The van der Waals surface area contributed by atoms with E-state index in [2.05, 4.69) is 0 Å². The van der Waals surface area contributed by atoms with Crippen LogP contribution >= 0.6 is 11.6 Å². The Kier molecular flexibility index (Phi) is 5.62. The Morgan fingerprint density at radius 2 is 1.54 bits per heavy atom. The summed E-state index contributed by atoms with van der Waals surface area (Å²) in [5.74, 6) is -0.156. The molecule has 0 radical (unpaired) electrons. The molecule has 0 fully saturated rings. The quantitative estimate of drug-likeness (QED) is 0.262. The van der Waals surface area contributed by atoms with E-state index in [1.807, 2.05) is 24.3 Å². The molecule has 3 aromatic carbocycles. The third kappa shape index (κ3) is 4.68. The first-order valence-electron chi connectivity index (χ1n) is 7.97. The number of benzene rings is 3. The minimum atomic E-state index is -0.469.